The number of fused-ring (bicyclic) bond motifs is 1. The molecule has 1 aliphatic heterocycles. The molecule has 0 saturated heterocycles. The summed E-state index contributed by atoms with van der Waals surface area (Å²) in [7, 11) is 4.53. The number of hydrogen-bond acceptors (Lipinski definition) is 9. The summed E-state index contributed by atoms with van der Waals surface area (Å²) in [5.74, 6) is -0.365. The molecule has 3 heterocycles. The summed E-state index contributed by atoms with van der Waals surface area (Å²) >= 11 is 1.13. The van der Waals surface area contributed by atoms with Gasteiger partial charge in [0.25, 0.3) is 0 Å². The van der Waals surface area contributed by atoms with Crippen LogP contribution in [0.2, 0.25) is 0 Å². The Bertz CT molecular complexity index is 1400. The molecule has 1 aliphatic rings. The lowest BCUT2D eigenvalue weighted by Gasteiger charge is -2.31. The summed E-state index contributed by atoms with van der Waals surface area (Å²) in [5, 5.41) is 8.14. The zero-order valence-corrected chi connectivity index (χ0v) is 20.1. The normalized spacial score (nSPS) is 16.7. The highest BCUT2D eigenvalue weighted by Gasteiger charge is 2.40. The number of hydrogen-bond donors (Lipinski definition) is 1. The van der Waals surface area contributed by atoms with Crippen molar-refractivity contribution in [3.05, 3.63) is 71.7 Å². The number of carbonyl (C=O) groups excluding carboxylic acids is 1. The summed E-state index contributed by atoms with van der Waals surface area (Å²) in [6.07, 6.45) is 1.49. The fourth-order valence-electron chi connectivity index (χ4n) is 3.95. The maximum Gasteiger partial charge on any atom is 0.211 e. The van der Waals surface area contributed by atoms with Gasteiger partial charge in [-0.25, -0.2) is 13.5 Å². The fourth-order valence-corrected chi connectivity index (χ4v) is 5.08. The number of aromatic nitrogens is 3. The number of halogens is 2. The van der Waals surface area contributed by atoms with Crippen LogP contribution in [0.1, 0.15) is 22.2 Å². The van der Waals surface area contributed by atoms with Gasteiger partial charge in [0.2, 0.25) is 10.9 Å². The van der Waals surface area contributed by atoms with E-state index in [4.69, 9.17) is 18.6 Å². The molecule has 0 amide bonds. The van der Waals surface area contributed by atoms with Crippen LogP contribution >= 0.6 is 11.8 Å². The molecule has 0 fully saturated rings. The highest BCUT2D eigenvalue weighted by molar-refractivity contribution is 8.00. The lowest BCUT2D eigenvalue weighted by atomic mass is 10.0. The van der Waals surface area contributed by atoms with Crippen molar-refractivity contribution in [1.82, 2.24) is 14.9 Å². The van der Waals surface area contributed by atoms with E-state index >= 15 is 0 Å². The van der Waals surface area contributed by atoms with E-state index in [0.717, 1.165) is 23.9 Å². The number of nitrogens with zero attached hydrogens (tertiary/aromatic N) is 3. The first-order valence-electron chi connectivity index (χ1n) is 10.7. The van der Waals surface area contributed by atoms with E-state index < -0.39 is 28.7 Å². The standard InChI is InChI=1S/C24H20F2N4O5S/c1-32-17-10-13(11-18(33-2)21(17)34-3)23-27-28-24-30(23)29-19(16-5-4-8-35-16)22(36-24)20(31)12-6-7-14(25)15(26)9-12/h4-11,19,22,29H,1-3H3. The summed E-state index contributed by atoms with van der Waals surface area (Å²) in [6.45, 7) is 0. The lowest BCUT2D eigenvalue weighted by molar-refractivity contribution is 0.0977. The van der Waals surface area contributed by atoms with Gasteiger partial charge in [-0.3, -0.25) is 4.79 Å². The molecule has 12 heteroatoms. The number of carbonyl (C=O) groups is 1. The van der Waals surface area contributed by atoms with Gasteiger partial charge in [-0.2, -0.15) is 0 Å². The third-order valence-corrected chi connectivity index (χ3v) is 6.89. The number of furan rings is 1. The molecule has 0 radical (unpaired) electrons. The van der Waals surface area contributed by atoms with Gasteiger partial charge in [-0.1, -0.05) is 11.8 Å². The van der Waals surface area contributed by atoms with Gasteiger partial charge in [0.1, 0.15) is 17.1 Å². The van der Waals surface area contributed by atoms with Gasteiger partial charge >= 0.3 is 0 Å². The van der Waals surface area contributed by atoms with Crippen LogP contribution in [0.4, 0.5) is 8.78 Å². The number of thioether (sulfide) groups is 1. The second-order valence-electron chi connectivity index (χ2n) is 7.71. The van der Waals surface area contributed by atoms with Gasteiger partial charge < -0.3 is 24.1 Å². The maximum atomic E-state index is 13.9. The molecular formula is C24H20F2N4O5S. The molecule has 0 aliphatic carbocycles. The molecule has 36 heavy (non-hydrogen) atoms. The number of ether oxygens (including phenoxy) is 3. The summed E-state index contributed by atoms with van der Waals surface area (Å²) in [6, 6.07) is 9.27. The van der Waals surface area contributed by atoms with Crippen LogP contribution in [-0.2, 0) is 0 Å². The molecule has 0 bridgehead atoms. The van der Waals surface area contributed by atoms with Gasteiger partial charge in [-0.15, -0.1) is 10.2 Å². The zero-order valence-electron chi connectivity index (χ0n) is 19.3. The fraction of sp³-hybridized carbons (Fsp3) is 0.208. The van der Waals surface area contributed by atoms with Gasteiger partial charge in [0.05, 0.1) is 27.6 Å². The van der Waals surface area contributed by atoms with E-state index in [1.54, 1.807) is 28.9 Å². The number of Topliss-reactive ketones (excluding diaryl/α,β-unsaturated/α-hetero) is 1. The van der Waals surface area contributed by atoms with Gasteiger partial charge in [0, 0.05) is 11.1 Å². The van der Waals surface area contributed by atoms with Gasteiger partial charge in [0.15, 0.2) is 34.7 Å². The van der Waals surface area contributed by atoms with E-state index in [1.807, 2.05) is 0 Å². The van der Waals surface area contributed by atoms with Crippen molar-refractivity contribution in [2.45, 2.75) is 16.4 Å². The van der Waals surface area contributed by atoms with Crippen molar-refractivity contribution >= 4 is 17.5 Å². The average molecular weight is 515 g/mol. The Balaban J connectivity index is 1.57. The van der Waals surface area contributed by atoms with E-state index in [-0.39, 0.29) is 5.56 Å². The maximum absolute atomic E-state index is 13.9. The van der Waals surface area contributed by atoms with Crippen LogP contribution in [0.25, 0.3) is 11.4 Å². The van der Waals surface area contributed by atoms with Crippen molar-refractivity contribution in [2.75, 3.05) is 26.8 Å². The van der Waals surface area contributed by atoms with Crippen LogP contribution in [0, 0.1) is 11.6 Å². The zero-order chi connectivity index (χ0) is 25.4. The predicted molar refractivity (Wildman–Crippen MR) is 126 cm³/mol. The number of methoxy groups -OCH3 is 3. The molecule has 186 valence electrons. The van der Waals surface area contributed by atoms with Crippen LogP contribution < -0.4 is 19.6 Å². The number of ketones is 1. The minimum Gasteiger partial charge on any atom is -0.493 e. The van der Waals surface area contributed by atoms with E-state index in [9.17, 15) is 13.6 Å². The highest BCUT2D eigenvalue weighted by Crippen LogP contribution is 2.43. The Morgan fingerprint density at radius 2 is 1.78 bits per heavy atom. The number of benzene rings is 2. The Labute approximate surface area is 208 Å². The van der Waals surface area contributed by atoms with Crippen molar-refractivity contribution in [1.29, 1.82) is 0 Å². The van der Waals surface area contributed by atoms with Gasteiger partial charge in [-0.05, 0) is 42.5 Å². The van der Waals surface area contributed by atoms with E-state index in [1.165, 1.54) is 33.7 Å². The largest absolute Gasteiger partial charge is 0.493 e. The van der Waals surface area contributed by atoms with Crippen molar-refractivity contribution < 1.29 is 32.2 Å². The smallest absolute Gasteiger partial charge is 0.211 e. The third kappa shape index (κ3) is 4.02. The predicted octanol–water partition coefficient (Wildman–Crippen LogP) is 4.48. The summed E-state index contributed by atoms with van der Waals surface area (Å²) in [4.78, 5) is 13.4. The first-order chi connectivity index (χ1) is 17.4. The molecule has 1 N–H and O–H groups in total. The first-order valence-corrected chi connectivity index (χ1v) is 11.5. The van der Waals surface area contributed by atoms with Crippen LogP contribution in [0.5, 0.6) is 17.2 Å². The minimum atomic E-state index is -1.10. The van der Waals surface area contributed by atoms with Crippen molar-refractivity contribution in [3.63, 3.8) is 0 Å². The summed E-state index contributed by atoms with van der Waals surface area (Å²) in [5.41, 5.74) is 3.89. The lowest BCUT2D eigenvalue weighted by Crippen LogP contribution is -2.38. The highest BCUT2D eigenvalue weighted by atomic mass is 32.2. The SMILES string of the molecule is COc1cc(-c2nnc3n2NC(c2ccco2)C(C(=O)c2ccc(F)c(F)c2)S3)cc(OC)c1OC. The van der Waals surface area contributed by atoms with Crippen LogP contribution in [0.15, 0.2) is 58.3 Å². The Morgan fingerprint density at radius 1 is 1.03 bits per heavy atom. The molecule has 0 saturated carbocycles. The quantitative estimate of drug-likeness (QED) is 0.358. The molecule has 2 unspecified atom stereocenters. The molecule has 5 rings (SSSR count). The Kier molecular flexibility index (Phi) is 6.27. The number of nitrogens with one attached hydrogen (secondary N) is 1. The second-order valence-corrected chi connectivity index (χ2v) is 8.82. The summed E-state index contributed by atoms with van der Waals surface area (Å²) < 4.78 is 50.8. The van der Waals surface area contributed by atoms with Crippen LogP contribution in [-0.4, -0.2) is 47.2 Å². The first kappa shape index (κ1) is 23.7. The average Bonchev–Trinajstić information content (AvgIpc) is 3.58. The minimum absolute atomic E-state index is 0.0302. The second kappa shape index (κ2) is 9.53. The third-order valence-electron chi connectivity index (χ3n) is 5.67. The van der Waals surface area contributed by atoms with E-state index in [0.29, 0.717) is 39.6 Å². The molecule has 9 nitrogen and oxygen atoms in total. The molecule has 2 atom stereocenters. The topological polar surface area (TPSA) is 101 Å². The Morgan fingerprint density at radius 3 is 2.39 bits per heavy atom. The van der Waals surface area contributed by atoms with Crippen molar-refractivity contribution in [3.8, 4) is 28.6 Å². The molecule has 4 aromatic rings. The Hall–Kier alpha value is -4.06. The molecule has 2 aromatic heterocycles. The monoisotopic (exact) mass is 514 g/mol. The number of rotatable bonds is 7. The van der Waals surface area contributed by atoms with Crippen LogP contribution in [0.3, 0.4) is 0 Å². The van der Waals surface area contributed by atoms with Crippen molar-refractivity contribution in [2.24, 2.45) is 0 Å². The molecule has 2 aromatic carbocycles. The van der Waals surface area contributed by atoms with E-state index in [2.05, 4.69) is 15.6 Å². The molecular weight excluding hydrogens is 494 g/mol. The molecule has 0 spiro atoms.